The Morgan fingerprint density at radius 2 is 2.00 bits per heavy atom. The van der Waals surface area contributed by atoms with Crippen molar-refractivity contribution in [2.45, 2.75) is 4.90 Å². The molecule has 0 aliphatic carbocycles. The van der Waals surface area contributed by atoms with Gasteiger partial charge in [-0.1, -0.05) is 0 Å². The summed E-state index contributed by atoms with van der Waals surface area (Å²) in [4.78, 5) is 15.1. The van der Waals surface area contributed by atoms with Crippen molar-refractivity contribution >= 4 is 10.0 Å². The van der Waals surface area contributed by atoms with Gasteiger partial charge >= 0.3 is 5.69 Å². The van der Waals surface area contributed by atoms with Crippen molar-refractivity contribution in [3.05, 3.63) is 52.3 Å². The Hall–Kier alpha value is -2.42. The molecule has 1 heterocycles. The molecule has 22 heavy (non-hydrogen) atoms. The zero-order chi connectivity index (χ0) is 21.5. The third kappa shape index (κ3) is 2.54. The molecule has 0 bridgehead atoms. The van der Waals surface area contributed by atoms with Crippen LogP contribution in [0.25, 0.3) is 0 Å². The number of aromatic nitrogens is 2. The summed E-state index contributed by atoms with van der Waals surface area (Å²) in [5.41, 5.74) is -3.02. The van der Waals surface area contributed by atoms with E-state index >= 15 is 0 Å². The predicted molar refractivity (Wildman–Crippen MR) is 76.7 cm³/mol. The fourth-order valence-corrected chi connectivity index (χ4v) is 2.87. The maximum absolute atomic E-state index is 14.5. The van der Waals surface area contributed by atoms with Crippen molar-refractivity contribution in [3.63, 3.8) is 0 Å². The largest absolute Gasteiger partial charge is 0.497 e. The van der Waals surface area contributed by atoms with E-state index in [-0.39, 0.29) is 14.7 Å². The van der Waals surface area contributed by atoms with Gasteiger partial charge in [0, 0.05) is 22.2 Å². The highest BCUT2D eigenvalue weighted by Gasteiger charge is 2.21. The van der Waals surface area contributed by atoms with Crippen LogP contribution in [0.15, 0.2) is 45.1 Å². The van der Waals surface area contributed by atoms with Crippen molar-refractivity contribution in [3.8, 4) is 5.75 Å². The highest BCUT2D eigenvalue weighted by Crippen LogP contribution is 2.17. The molecule has 2 aromatic rings. The van der Waals surface area contributed by atoms with Crippen molar-refractivity contribution in [1.82, 2.24) is 8.54 Å². The smallest absolute Gasteiger partial charge is 0.343 e. The SMILES string of the molecule is [2H]C([2H])([2H])/N=c1/c(F)cn(S(=O)(=O)c2ccc(OC)cc2)c(=O)n1C([2H])([2H])[2H]. The zero-order valence-corrected chi connectivity index (χ0v) is 12.0. The predicted octanol–water partition coefficient (Wildman–Crippen LogP) is 0.102. The fourth-order valence-electron chi connectivity index (χ4n) is 1.65. The van der Waals surface area contributed by atoms with E-state index in [2.05, 4.69) is 4.99 Å². The first kappa shape index (κ1) is 9.57. The van der Waals surface area contributed by atoms with Crippen LogP contribution in [0.4, 0.5) is 4.39 Å². The lowest BCUT2D eigenvalue weighted by Gasteiger charge is -2.10. The van der Waals surface area contributed by atoms with Crippen LogP contribution >= 0.6 is 0 Å². The van der Waals surface area contributed by atoms with Gasteiger partial charge in [0.1, 0.15) is 5.75 Å². The Morgan fingerprint density at radius 3 is 2.55 bits per heavy atom. The lowest BCUT2D eigenvalue weighted by atomic mass is 10.3. The van der Waals surface area contributed by atoms with E-state index in [9.17, 15) is 17.6 Å². The minimum absolute atomic E-state index is 0.130. The molecule has 0 aliphatic heterocycles. The number of hydrogen-bond acceptors (Lipinski definition) is 5. The van der Waals surface area contributed by atoms with E-state index in [0.717, 1.165) is 12.1 Å². The topological polar surface area (TPSA) is 82.7 Å². The Balaban J connectivity index is 2.89. The standard InChI is InChI=1S/C13H14FN3O4S/c1-15-12-11(14)8-17(13(18)16(12)2)22(19,20)10-6-4-9(21-3)5-7-10/h4-8H,1-3H3/b15-12-/i1D3,2D3. The minimum Gasteiger partial charge on any atom is -0.497 e. The van der Waals surface area contributed by atoms with Gasteiger partial charge in [-0.3, -0.25) is 9.56 Å². The molecule has 0 amide bonds. The van der Waals surface area contributed by atoms with Gasteiger partial charge in [-0.2, -0.15) is 3.97 Å². The second-order valence-corrected chi connectivity index (χ2v) is 5.82. The molecule has 0 saturated carbocycles. The van der Waals surface area contributed by atoms with Crippen LogP contribution in [0.5, 0.6) is 5.75 Å². The molecule has 0 fully saturated rings. The molecule has 7 nitrogen and oxygen atoms in total. The van der Waals surface area contributed by atoms with E-state index < -0.39 is 45.9 Å². The van der Waals surface area contributed by atoms with Crippen molar-refractivity contribution in [2.24, 2.45) is 12.0 Å². The Bertz CT molecular complexity index is 1120. The third-order valence-electron chi connectivity index (χ3n) is 2.76. The third-order valence-corrected chi connectivity index (χ3v) is 4.41. The summed E-state index contributed by atoms with van der Waals surface area (Å²) in [5, 5.41) is 0. The van der Waals surface area contributed by atoms with Crippen LogP contribution in [-0.4, -0.2) is 31.0 Å². The number of hydrogen-bond donors (Lipinski definition) is 0. The molecule has 118 valence electrons. The van der Waals surface area contributed by atoms with E-state index in [1.807, 2.05) is 0 Å². The average Bonchev–Trinajstić information content (AvgIpc) is 2.55. The number of ether oxygens (including phenoxy) is 1. The average molecular weight is 333 g/mol. The maximum atomic E-state index is 14.5. The molecule has 1 aromatic carbocycles. The number of rotatable bonds is 3. The van der Waals surface area contributed by atoms with E-state index in [0.29, 0.717) is 5.75 Å². The molecule has 2 rings (SSSR count). The normalized spacial score (nSPS) is 17.6. The molecule has 0 aliphatic rings. The summed E-state index contributed by atoms with van der Waals surface area (Å²) >= 11 is 0. The van der Waals surface area contributed by atoms with Crippen molar-refractivity contribution in [2.75, 3.05) is 14.1 Å². The van der Waals surface area contributed by atoms with Crippen LogP contribution in [0.1, 0.15) is 8.22 Å². The molecule has 0 N–H and O–H groups in total. The van der Waals surface area contributed by atoms with Crippen molar-refractivity contribution < 1.29 is 25.8 Å². The lowest BCUT2D eigenvalue weighted by molar-refractivity contribution is 0.414. The molecular weight excluding hydrogens is 313 g/mol. The van der Waals surface area contributed by atoms with Crippen LogP contribution in [0.3, 0.4) is 0 Å². The van der Waals surface area contributed by atoms with Gasteiger partial charge in [-0.25, -0.2) is 17.6 Å². The lowest BCUT2D eigenvalue weighted by Crippen LogP contribution is -2.42. The van der Waals surface area contributed by atoms with Gasteiger partial charge in [-0.05, 0) is 24.3 Å². The summed E-state index contributed by atoms with van der Waals surface area (Å²) in [6.07, 6.45) is 0.175. The summed E-state index contributed by atoms with van der Waals surface area (Å²) in [6.45, 7) is -6.57. The quantitative estimate of drug-likeness (QED) is 0.798. The fraction of sp³-hybridized carbons (Fsp3) is 0.231. The van der Waals surface area contributed by atoms with Crippen LogP contribution in [0.2, 0.25) is 0 Å². The van der Waals surface area contributed by atoms with Gasteiger partial charge in [0.15, 0.2) is 11.3 Å². The molecule has 9 heteroatoms. The summed E-state index contributed by atoms with van der Waals surface area (Å²) in [5.74, 6) is -1.31. The first-order valence-electron chi connectivity index (χ1n) is 8.69. The van der Waals surface area contributed by atoms with E-state index in [4.69, 9.17) is 13.0 Å². The zero-order valence-electron chi connectivity index (χ0n) is 17.1. The van der Waals surface area contributed by atoms with Gasteiger partial charge in [0.25, 0.3) is 10.0 Å². The number of halogens is 1. The second-order valence-electron chi connectivity index (χ2n) is 4.01. The second kappa shape index (κ2) is 5.76. The van der Waals surface area contributed by atoms with Crippen LogP contribution in [-0.2, 0) is 17.0 Å². The van der Waals surface area contributed by atoms with Crippen molar-refractivity contribution in [1.29, 1.82) is 0 Å². The Morgan fingerprint density at radius 1 is 1.32 bits per heavy atom. The number of benzene rings is 1. The maximum Gasteiger partial charge on any atom is 0.343 e. The molecule has 0 saturated heterocycles. The van der Waals surface area contributed by atoms with Crippen LogP contribution < -0.4 is 15.9 Å². The monoisotopic (exact) mass is 333 g/mol. The van der Waals surface area contributed by atoms with Gasteiger partial charge in [-0.15, -0.1) is 0 Å². The highest BCUT2D eigenvalue weighted by molar-refractivity contribution is 7.90. The first-order chi connectivity index (χ1) is 12.7. The van der Waals surface area contributed by atoms with Crippen LogP contribution in [0, 0.1) is 5.82 Å². The molecule has 0 spiro atoms. The Labute approximate surface area is 134 Å². The minimum atomic E-state index is -4.70. The Kier molecular flexibility index (Phi) is 2.50. The van der Waals surface area contributed by atoms with Gasteiger partial charge < -0.3 is 4.74 Å². The van der Waals surface area contributed by atoms with Gasteiger partial charge in [0.05, 0.1) is 18.2 Å². The molecule has 1 aromatic heterocycles. The van der Waals surface area contributed by atoms with E-state index in [1.165, 1.54) is 19.2 Å². The number of methoxy groups -OCH3 is 1. The molecular formula is C13H14FN3O4S. The summed E-state index contributed by atoms with van der Waals surface area (Å²) in [7, 11) is -3.36. The summed E-state index contributed by atoms with van der Waals surface area (Å²) < 4.78 is 87.6. The van der Waals surface area contributed by atoms with E-state index in [1.54, 1.807) is 0 Å². The van der Waals surface area contributed by atoms with Gasteiger partial charge in [0.2, 0.25) is 0 Å². The molecule has 0 atom stereocenters. The molecule has 0 radical (unpaired) electrons. The first-order valence-corrected chi connectivity index (χ1v) is 7.13. The molecule has 0 unspecified atom stereocenters. The summed E-state index contributed by atoms with van der Waals surface area (Å²) in [6, 6.07) is 4.67. The highest BCUT2D eigenvalue weighted by atomic mass is 32.2. The number of nitrogens with zero attached hydrogens (tertiary/aromatic N) is 3.